The van der Waals surface area contributed by atoms with Gasteiger partial charge in [0, 0.05) is 13.1 Å². The first-order chi connectivity index (χ1) is 11.1. The average molecular weight is 320 g/mol. The zero-order valence-electron chi connectivity index (χ0n) is 13.6. The Bertz CT molecular complexity index is 513. The predicted octanol–water partition coefficient (Wildman–Crippen LogP) is 1.49. The van der Waals surface area contributed by atoms with E-state index in [9.17, 15) is 9.59 Å². The average Bonchev–Trinajstić information content (AvgIpc) is 2.58. The zero-order valence-corrected chi connectivity index (χ0v) is 13.6. The van der Waals surface area contributed by atoms with Gasteiger partial charge in [-0.3, -0.25) is 4.79 Å². The third-order valence-electron chi connectivity index (χ3n) is 3.70. The number of ketones is 1. The van der Waals surface area contributed by atoms with Crippen LogP contribution in [0.1, 0.15) is 19.4 Å². The molecule has 2 N–H and O–H groups in total. The van der Waals surface area contributed by atoms with Crippen LogP contribution in [0.4, 0.5) is 4.79 Å². The molecule has 0 saturated carbocycles. The molecule has 2 atom stereocenters. The molecule has 1 heterocycles. The Morgan fingerprint density at radius 2 is 2.09 bits per heavy atom. The number of hydrogen-bond acceptors (Lipinski definition) is 5. The van der Waals surface area contributed by atoms with Crippen molar-refractivity contribution in [3.05, 3.63) is 35.9 Å². The highest BCUT2D eigenvalue weighted by Crippen LogP contribution is 2.10. The summed E-state index contributed by atoms with van der Waals surface area (Å²) in [5.74, 6) is -0.166. The first kappa shape index (κ1) is 17.4. The normalized spacial score (nSPS) is 19.2. The number of Topliss-reactive ketones (excluding diaryl/α,β-unsaturated/α-hetero) is 1. The standard InChI is InChI=1S/C17H24N2O4/c1-12(2)15(16(20)14-10-18-8-9-22-14)19-17(21)23-11-13-6-4-3-5-7-13/h3-7,12,14-15,18H,8-11H2,1-2H3,(H,19,21). The Kier molecular flexibility index (Phi) is 6.55. The predicted molar refractivity (Wildman–Crippen MR) is 86.0 cm³/mol. The van der Waals surface area contributed by atoms with Crippen molar-refractivity contribution >= 4 is 11.9 Å². The molecule has 2 rings (SSSR count). The van der Waals surface area contributed by atoms with Crippen molar-refractivity contribution in [1.82, 2.24) is 10.6 Å². The number of ether oxygens (including phenoxy) is 2. The number of amides is 1. The highest BCUT2D eigenvalue weighted by molar-refractivity contribution is 5.91. The van der Waals surface area contributed by atoms with E-state index in [4.69, 9.17) is 9.47 Å². The van der Waals surface area contributed by atoms with Gasteiger partial charge >= 0.3 is 6.09 Å². The van der Waals surface area contributed by atoms with Crippen molar-refractivity contribution in [3.63, 3.8) is 0 Å². The SMILES string of the molecule is CC(C)C(NC(=O)OCc1ccccc1)C(=O)C1CNCCO1. The van der Waals surface area contributed by atoms with Crippen molar-refractivity contribution in [2.45, 2.75) is 32.6 Å². The molecule has 1 aliphatic rings. The summed E-state index contributed by atoms with van der Waals surface area (Å²) in [5.41, 5.74) is 0.898. The van der Waals surface area contributed by atoms with Crippen LogP contribution in [0.15, 0.2) is 30.3 Å². The van der Waals surface area contributed by atoms with E-state index >= 15 is 0 Å². The number of carbonyl (C=O) groups excluding carboxylic acids is 2. The number of benzene rings is 1. The van der Waals surface area contributed by atoms with Gasteiger partial charge in [0.15, 0.2) is 5.78 Å². The van der Waals surface area contributed by atoms with Gasteiger partial charge in [0.2, 0.25) is 0 Å². The molecule has 0 aliphatic carbocycles. The van der Waals surface area contributed by atoms with E-state index in [1.165, 1.54) is 0 Å². The Hall–Kier alpha value is -1.92. The quantitative estimate of drug-likeness (QED) is 0.830. The van der Waals surface area contributed by atoms with Gasteiger partial charge in [-0.15, -0.1) is 0 Å². The minimum atomic E-state index is -0.622. The third-order valence-corrected chi connectivity index (χ3v) is 3.70. The van der Waals surface area contributed by atoms with Crippen LogP contribution in [0.25, 0.3) is 0 Å². The lowest BCUT2D eigenvalue weighted by molar-refractivity contribution is -0.135. The van der Waals surface area contributed by atoms with E-state index in [0.29, 0.717) is 13.2 Å². The molecule has 126 valence electrons. The molecular formula is C17H24N2O4. The lowest BCUT2D eigenvalue weighted by Gasteiger charge is -2.28. The summed E-state index contributed by atoms with van der Waals surface area (Å²) in [6.45, 7) is 5.66. The molecular weight excluding hydrogens is 296 g/mol. The summed E-state index contributed by atoms with van der Waals surface area (Å²) < 4.78 is 10.7. The van der Waals surface area contributed by atoms with Crippen LogP contribution in [0.2, 0.25) is 0 Å². The van der Waals surface area contributed by atoms with Crippen molar-refractivity contribution < 1.29 is 19.1 Å². The van der Waals surface area contributed by atoms with Gasteiger partial charge < -0.3 is 20.1 Å². The molecule has 1 aliphatic heterocycles. The topological polar surface area (TPSA) is 76.7 Å². The summed E-state index contributed by atoms with van der Waals surface area (Å²) in [6.07, 6.45) is -1.12. The van der Waals surface area contributed by atoms with Crippen LogP contribution >= 0.6 is 0 Å². The molecule has 1 saturated heterocycles. The second-order valence-corrected chi connectivity index (χ2v) is 5.89. The minimum absolute atomic E-state index is 0.0442. The second-order valence-electron chi connectivity index (χ2n) is 5.89. The third kappa shape index (κ3) is 5.33. The summed E-state index contributed by atoms with van der Waals surface area (Å²) in [4.78, 5) is 24.5. The van der Waals surface area contributed by atoms with Gasteiger partial charge in [0.05, 0.1) is 12.6 Å². The molecule has 1 amide bonds. The fourth-order valence-electron chi connectivity index (χ4n) is 2.41. The lowest BCUT2D eigenvalue weighted by Crippen LogP contribution is -2.53. The summed E-state index contributed by atoms with van der Waals surface area (Å²) in [7, 11) is 0. The van der Waals surface area contributed by atoms with Crippen LogP contribution < -0.4 is 10.6 Å². The maximum absolute atomic E-state index is 12.5. The van der Waals surface area contributed by atoms with E-state index in [0.717, 1.165) is 12.1 Å². The van der Waals surface area contributed by atoms with Crippen LogP contribution in [0.5, 0.6) is 0 Å². The smallest absolute Gasteiger partial charge is 0.408 e. The fourth-order valence-corrected chi connectivity index (χ4v) is 2.41. The van der Waals surface area contributed by atoms with Crippen molar-refractivity contribution in [3.8, 4) is 0 Å². The van der Waals surface area contributed by atoms with Crippen molar-refractivity contribution in [2.75, 3.05) is 19.7 Å². The number of nitrogens with one attached hydrogen (secondary N) is 2. The van der Waals surface area contributed by atoms with Gasteiger partial charge in [0.25, 0.3) is 0 Å². The molecule has 0 bridgehead atoms. The largest absolute Gasteiger partial charge is 0.445 e. The molecule has 1 aromatic carbocycles. The molecule has 0 radical (unpaired) electrons. The zero-order chi connectivity index (χ0) is 16.7. The number of alkyl carbamates (subject to hydrolysis) is 1. The van der Waals surface area contributed by atoms with E-state index in [-0.39, 0.29) is 18.3 Å². The Balaban J connectivity index is 1.87. The molecule has 0 spiro atoms. The van der Waals surface area contributed by atoms with Crippen LogP contribution in [-0.4, -0.2) is 43.7 Å². The summed E-state index contributed by atoms with van der Waals surface area (Å²) >= 11 is 0. The van der Waals surface area contributed by atoms with E-state index in [1.807, 2.05) is 44.2 Å². The van der Waals surface area contributed by atoms with Gasteiger partial charge in [0.1, 0.15) is 12.7 Å². The highest BCUT2D eigenvalue weighted by Gasteiger charge is 2.32. The maximum atomic E-state index is 12.5. The molecule has 2 unspecified atom stereocenters. The number of carbonyl (C=O) groups is 2. The highest BCUT2D eigenvalue weighted by atomic mass is 16.5. The molecule has 1 aromatic rings. The van der Waals surface area contributed by atoms with Crippen LogP contribution in [0, 0.1) is 5.92 Å². The summed E-state index contributed by atoms with van der Waals surface area (Å²) in [6, 6.07) is 8.78. The first-order valence-electron chi connectivity index (χ1n) is 7.91. The summed E-state index contributed by atoms with van der Waals surface area (Å²) in [5, 5.41) is 5.79. The Morgan fingerprint density at radius 1 is 1.35 bits per heavy atom. The van der Waals surface area contributed by atoms with E-state index in [1.54, 1.807) is 0 Å². The maximum Gasteiger partial charge on any atom is 0.408 e. The molecule has 6 nitrogen and oxygen atoms in total. The fraction of sp³-hybridized carbons (Fsp3) is 0.529. The van der Waals surface area contributed by atoms with Crippen molar-refractivity contribution in [1.29, 1.82) is 0 Å². The molecule has 23 heavy (non-hydrogen) atoms. The second kappa shape index (κ2) is 8.64. The van der Waals surface area contributed by atoms with Crippen LogP contribution in [-0.2, 0) is 20.9 Å². The monoisotopic (exact) mass is 320 g/mol. The number of rotatable bonds is 6. The molecule has 0 aromatic heterocycles. The molecule has 1 fully saturated rings. The lowest BCUT2D eigenvalue weighted by atomic mass is 9.96. The minimum Gasteiger partial charge on any atom is -0.445 e. The van der Waals surface area contributed by atoms with Crippen LogP contribution in [0.3, 0.4) is 0 Å². The first-order valence-corrected chi connectivity index (χ1v) is 7.91. The Morgan fingerprint density at radius 3 is 2.70 bits per heavy atom. The number of hydrogen-bond donors (Lipinski definition) is 2. The molecule has 6 heteroatoms. The Labute approximate surface area is 136 Å². The van der Waals surface area contributed by atoms with Gasteiger partial charge in [-0.1, -0.05) is 44.2 Å². The number of morpholine rings is 1. The van der Waals surface area contributed by atoms with Gasteiger partial charge in [-0.25, -0.2) is 4.79 Å². The van der Waals surface area contributed by atoms with Gasteiger partial charge in [-0.2, -0.15) is 0 Å². The van der Waals surface area contributed by atoms with E-state index < -0.39 is 18.2 Å². The van der Waals surface area contributed by atoms with Crippen molar-refractivity contribution in [2.24, 2.45) is 5.92 Å². The van der Waals surface area contributed by atoms with Gasteiger partial charge in [-0.05, 0) is 11.5 Å². The van der Waals surface area contributed by atoms with E-state index in [2.05, 4.69) is 10.6 Å².